The van der Waals surface area contributed by atoms with Crippen molar-refractivity contribution in [3.63, 3.8) is 0 Å². The van der Waals surface area contributed by atoms with Crippen LogP contribution in [0.3, 0.4) is 0 Å². The fraction of sp³-hybridized carbons (Fsp3) is 0.455. The standard InChI is InChI=1S/C11H12Cl2N4O3/c1-3-6(18)7(19)11(20-3)17-8(13)5(12)4-9(14)15-2-16-10(4)17/h2-3,6-7,11,18-19H,1H3,(H2,14,15,16)/t3-,6-,7-,11-/m1/s1. The Hall–Kier alpha value is -1.12. The van der Waals surface area contributed by atoms with Crippen LogP contribution < -0.4 is 5.73 Å². The van der Waals surface area contributed by atoms with Crippen LogP contribution in [-0.2, 0) is 4.74 Å². The summed E-state index contributed by atoms with van der Waals surface area (Å²) in [5.74, 6) is 0.182. The summed E-state index contributed by atoms with van der Waals surface area (Å²) in [5.41, 5.74) is 6.11. The lowest BCUT2D eigenvalue weighted by Gasteiger charge is -2.18. The van der Waals surface area contributed by atoms with Gasteiger partial charge in [0, 0.05) is 0 Å². The van der Waals surface area contributed by atoms with E-state index in [1.165, 1.54) is 10.9 Å². The molecule has 0 amide bonds. The highest BCUT2D eigenvalue weighted by Crippen LogP contribution is 2.41. The molecule has 1 fully saturated rings. The zero-order chi connectivity index (χ0) is 14.6. The second kappa shape index (κ2) is 4.71. The molecule has 108 valence electrons. The molecular weight excluding hydrogens is 307 g/mol. The number of aliphatic hydroxyl groups is 2. The predicted octanol–water partition coefficient (Wildman–Crippen LogP) is 0.959. The third-order valence-corrected chi connectivity index (χ3v) is 4.26. The topological polar surface area (TPSA) is 106 Å². The fourth-order valence-corrected chi connectivity index (χ4v) is 2.90. The van der Waals surface area contributed by atoms with Gasteiger partial charge in [-0.2, -0.15) is 0 Å². The first-order valence-corrected chi connectivity index (χ1v) is 6.66. The highest BCUT2D eigenvalue weighted by molar-refractivity contribution is 6.45. The predicted molar refractivity (Wildman–Crippen MR) is 73.6 cm³/mol. The molecule has 0 unspecified atom stereocenters. The van der Waals surface area contributed by atoms with E-state index in [2.05, 4.69) is 9.97 Å². The van der Waals surface area contributed by atoms with Crippen molar-refractivity contribution in [1.82, 2.24) is 14.5 Å². The summed E-state index contributed by atoms with van der Waals surface area (Å²) in [4.78, 5) is 7.94. The van der Waals surface area contributed by atoms with Crippen LogP contribution in [0.5, 0.6) is 0 Å². The number of anilines is 1. The number of aliphatic hydroxyl groups excluding tert-OH is 2. The van der Waals surface area contributed by atoms with Crippen LogP contribution in [0, 0.1) is 0 Å². The summed E-state index contributed by atoms with van der Waals surface area (Å²) in [7, 11) is 0. The number of rotatable bonds is 1. The van der Waals surface area contributed by atoms with Crippen molar-refractivity contribution in [3.05, 3.63) is 16.5 Å². The van der Waals surface area contributed by atoms with Crippen LogP contribution in [0.2, 0.25) is 10.2 Å². The van der Waals surface area contributed by atoms with Crippen LogP contribution in [0.25, 0.3) is 11.0 Å². The Morgan fingerprint density at radius 2 is 2.00 bits per heavy atom. The molecular formula is C11H12Cl2N4O3. The number of aromatic nitrogens is 3. The lowest BCUT2D eigenvalue weighted by atomic mass is 10.1. The Morgan fingerprint density at radius 3 is 2.60 bits per heavy atom. The van der Waals surface area contributed by atoms with E-state index >= 15 is 0 Å². The zero-order valence-corrected chi connectivity index (χ0v) is 11.9. The lowest BCUT2D eigenvalue weighted by Crippen LogP contribution is -2.30. The summed E-state index contributed by atoms with van der Waals surface area (Å²) in [6, 6.07) is 0. The molecule has 1 aliphatic rings. The number of nitrogen functional groups attached to an aromatic ring is 1. The van der Waals surface area contributed by atoms with Crippen LogP contribution in [0.1, 0.15) is 13.2 Å². The van der Waals surface area contributed by atoms with Gasteiger partial charge in [-0.3, -0.25) is 4.57 Å². The van der Waals surface area contributed by atoms with E-state index in [-0.39, 0.29) is 16.0 Å². The van der Waals surface area contributed by atoms with Gasteiger partial charge in [0.05, 0.1) is 16.5 Å². The van der Waals surface area contributed by atoms with Gasteiger partial charge in [-0.1, -0.05) is 23.2 Å². The van der Waals surface area contributed by atoms with Gasteiger partial charge in [-0.25, -0.2) is 9.97 Å². The average Bonchev–Trinajstić information content (AvgIpc) is 2.81. The molecule has 0 spiro atoms. The molecule has 1 aliphatic heterocycles. The largest absolute Gasteiger partial charge is 0.388 e. The van der Waals surface area contributed by atoms with Crippen molar-refractivity contribution in [2.24, 2.45) is 0 Å². The molecule has 2 aromatic heterocycles. The second-order valence-corrected chi connectivity index (χ2v) is 5.38. The number of hydrogen-bond donors (Lipinski definition) is 3. The molecule has 0 saturated carbocycles. The highest BCUT2D eigenvalue weighted by atomic mass is 35.5. The Labute approximate surface area is 123 Å². The summed E-state index contributed by atoms with van der Waals surface area (Å²) in [6.07, 6.45) is -2.34. The molecule has 0 aromatic carbocycles. The molecule has 20 heavy (non-hydrogen) atoms. The number of halogens is 2. The summed E-state index contributed by atoms with van der Waals surface area (Å²) in [5, 5.41) is 20.6. The van der Waals surface area contributed by atoms with Gasteiger partial charge in [-0.15, -0.1) is 0 Å². The summed E-state index contributed by atoms with van der Waals surface area (Å²) >= 11 is 12.3. The molecule has 3 heterocycles. The van der Waals surface area contributed by atoms with Crippen LogP contribution in [0.15, 0.2) is 6.33 Å². The zero-order valence-electron chi connectivity index (χ0n) is 10.4. The molecule has 0 bridgehead atoms. The molecule has 9 heteroatoms. The van der Waals surface area contributed by atoms with Crippen molar-refractivity contribution < 1.29 is 14.9 Å². The van der Waals surface area contributed by atoms with E-state index < -0.39 is 24.5 Å². The Bertz CT molecular complexity index is 677. The lowest BCUT2D eigenvalue weighted by molar-refractivity contribution is -0.0294. The van der Waals surface area contributed by atoms with E-state index in [4.69, 9.17) is 33.7 Å². The first-order valence-electron chi connectivity index (χ1n) is 5.90. The van der Waals surface area contributed by atoms with E-state index in [1.807, 2.05) is 0 Å². The number of nitrogens with two attached hydrogens (primary N) is 1. The van der Waals surface area contributed by atoms with Gasteiger partial charge in [0.15, 0.2) is 6.23 Å². The molecule has 3 rings (SSSR count). The minimum absolute atomic E-state index is 0.124. The molecule has 2 aromatic rings. The fourth-order valence-electron chi connectivity index (χ4n) is 2.36. The van der Waals surface area contributed by atoms with Crippen LogP contribution in [-0.4, -0.2) is 43.1 Å². The van der Waals surface area contributed by atoms with Gasteiger partial charge in [0.2, 0.25) is 0 Å². The molecule has 7 nitrogen and oxygen atoms in total. The number of ether oxygens (including phenoxy) is 1. The monoisotopic (exact) mass is 318 g/mol. The third-order valence-electron chi connectivity index (χ3n) is 3.43. The minimum Gasteiger partial charge on any atom is -0.388 e. The van der Waals surface area contributed by atoms with Gasteiger partial charge >= 0.3 is 0 Å². The maximum atomic E-state index is 10.1. The van der Waals surface area contributed by atoms with Crippen LogP contribution >= 0.6 is 23.2 Å². The van der Waals surface area contributed by atoms with Gasteiger partial charge in [-0.05, 0) is 6.92 Å². The Morgan fingerprint density at radius 1 is 1.30 bits per heavy atom. The molecule has 0 radical (unpaired) electrons. The first-order chi connectivity index (χ1) is 9.43. The molecule has 0 aliphatic carbocycles. The van der Waals surface area contributed by atoms with Crippen molar-refractivity contribution in [2.75, 3.05) is 5.73 Å². The summed E-state index contributed by atoms with van der Waals surface area (Å²) < 4.78 is 6.94. The normalized spacial score (nSPS) is 30.2. The van der Waals surface area contributed by atoms with E-state index in [1.54, 1.807) is 6.92 Å². The average molecular weight is 319 g/mol. The second-order valence-electron chi connectivity index (χ2n) is 4.65. The molecule has 4 N–H and O–H groups in total. The van der Waals surface area contributed by atoms with E-state index in [0.717, 1.165) is 0 Å². The van der Waals surface area contributed by atoms with Crippen molar-refractivity contribution >= 4 is 40.1 Å². The number of nitrogens with zero attached hydrogens (tertiary/aromatic N) is 3. The number of hydrogen-bond acceptors (Lipinski definition) is 6. The maximum absolute atomic E-state index is 10.1. The maximum Gasteiger partial charge on any atom is 0.165 e. The van der Waals surface area contributed by atoms with E-state index in [0.29, 0.717) is 11.0 Å². The highest BCUT2D eigenvalue weighted by Gasteiger charge is 2.43. The van der Waals surface area contributed by atoms with Gasteiger partial charge in [0.25, 0.3) is 0 Å². The molecule has 1 saturated heterocycles. The van der Waals surface area contributed by atoms with Gasteiger partial charge < -0.3 is 20.7 Å². The number of fused-ring (bicyclic) bond motifs is 1. The van der Waals surface area contributed by atoms with Gasteiger partial charge in [0.1, 0.15) is 35.2 Å². The Balaban J connectivity index is 2.23. The quantitative estimate of drug-likeness (QED) is 0.723. The summed E-state index contributed by atoms with van der Waals surface area (Å²) in [6.45, 7) is 1.65. The van der Waals surface area contributed by atoms with Crippen LogP contribution in [0.4, 0.5) is 5.82 Å². The van der Waals surface area contributed by atoms with Crippen molar-refractivity contribution in [2.45, 2.75) is 31.5 Å². The van der Waals surface area contributed by atoms with Crippen molar-refractivity contribution in [1.29, 1.82) is 0 Å². The van der Waals surface area contributed by atoms with E-state index in [9.17, 15) is 10.2 Å². The molecule has 4 atom stereocenters. The first kappa shape index (κ1) is 13.8. The minimum atomic E-state index is -1.15. The SMILES string of the molecule is C[C@H]1O[C@@H](n2c(Cl)c(Cl)c3c(N)ncnc32)[C@H](O)[C@@H]1O. The van der Waals surface area contributed by atoms with Crippen molar-refractivity contribution in [3.8, 4) is 0 Å². The smallest absolute Gasteiger partial charge is 0.165 e. The third kappa shape index (κ3) is 1.78. The Kier molecular flexibility index (Phi) is 3.26.